The second-order valence-corrected chi connectivity index (χ2v) is 6.58. The Morgan fingerprint density at radius 3 is 2.74 bits per heavy atom. The summed E-state index contributed by atoms with van der Waals surface area (Å²) in [5.74, 6) is 2.08. The van der Waals surface area contributed by atoms with Gasteiger partial charge in [-0.15, -0.1) is 0 Å². The second-order valence-electron chi connectivity index (χ2n) is 6.58. The molecule has 1 saturated heterocycles. The van der Waals surface area contributed by atoms with Gasteiger partial charge in [-0.2, -0.15) is 0 Å². The average Bonchev–Trinajstić information content (AvgIpc) is 3.01. The van der Waals surface area contributed by atoms with Crippen molar-refractivity contribution in [2.24, 2.45) is 16.8 Å². The van der Waals surface area contributed by atoms with Gasteiger partial charge in [0.2, 0.25) is 0 Å². The summed E-state index contributed by atoms with van der Waals surface area (Å²) in [6, 6.07) is 10.5. The quantitative estimate of drug-likeness (QED) is 0.599. The van der Waals surface area contributed by atoms with Crippen LogP contribution >= 0.6 is 0 Å². The van der Waals surface area contributed by atoms with E-state index in [0.717, 1.165) is 45.0 Å². The van der Waals surface area contributed by atoms with Crippen LogP contribution in [0, 0.1) is 11.8 Å². The predicted molar refractivity (Wildman–Crippen MR) is 96.7 cm³/mol. The molecule has 4 nitrogen and oxygen atoms in total. The van der Waals surface area contributed by atoms with Crippen molar-refractivity contribution in [1.82, 2.24) is 10.6 Å². The first-order valence-electron chi connectivity index (χ1n) is 8.89. The summed E-state index contributed by atoms with van der Waals surface area (Å²) >= 11 is 0. The molecule has 23 heavy (non-hydrogen) atoms. The molecule has 4 heteroatoms. The zero-order chi connectivity index (χ0) is 16.5. The van der Waals surface area contributed by atoms with Gasteiger partial charge in [0, 0.05) is 32.2 Å². The van der Waals surface area contributed by atoms with E-state index in [2.05, 4.69) is 55.7 Å². The van der Waals surface area contributed by atoms with Gasteiger partial charge in [-0.3, -0.25) is 4.99 Å². The third-order valence-electron chi connectivity index (χ3n) is 4.18. The van der Waals surface area contributed by atoms with Crippen LogP contribution in [0.1, 0.15) is 45.3 Å². The van der Waals surface area contributed by atoms with E-state index in [1.165, 1.54) is 5.56 Å². The summed E-state index contributed by atoms with van der Waals surface area (Å²) in [5.41, 5.74) is 1.27. The standard InChI is InChI=1S/C19H31N3O/c1-4-20-19(21-12-10-15(2)3)22-14-17-11-13-23-18(17)16-8-6-5-7-9-16/h5-9,15,17-18H,4,10-14H2,1-3H3,(H2,20,21,22). The van der Waals surface area contributed by atoms with Crippen LogP contribution < -0.4 is 10.6 Å². The van der Waals surface area contributed by atoms with Crippen molar-refractivity contribution < 1.29 is 4.74 Å². The van der Waals surface area contributed by atoms with Crippen LogP contribution in [0.5, 0.6) is 0 Å². The molecule has 0 amide bonds. The van der Waals surface area contributed by atoms with Gasteiger partial charge in [0.05, 0.1) is 6.10 Å². The molecule has 1 aliphatic rings. The molecule has 0 saturated carbocycles. The lowest BCUT2D eigenvalue weighted by Gasteiger charge is -2.18. The number of hydrogen-bond donors (Lipinski definition) is 2. The SMILES string of the molecule is CCNC(=NCC1CCOC1c1ccccc1)NCCC(C)C. The number of guanidine groups is 1. The molecule has 0 aliphatic carbocycles. The highest BCUT2D eigenvalue weighted by atomic mass is 16.5. The summed E-state index contributed by atoms with van der Waals surface area (Å²) in [7, 11) is 0. The van der Waals surface area contributed by atoms with E-state index in [1.54, 1.807) is 0 Å². The summed E-state index contributed by atoms with van der Waals surface area (Å²) in [6.45, 7) is 10.1. The van der Waals surface area contributed by atoms with Gasteiger partial charge in [-0.25, -0.2) is 0 Å². The largest absolute Gasteiger partial charge is 0.373 e. The van der Waals surface area contributed by atoms with Gasteiger partial charge < -0.3 is 15.4 Å². The highest BCUT2D eigenvalue weighted by Crippen LogP contribution is 2.34. The molecule has 1 aliphatic heterocycles. The lowest BCUT2D eigenvalue weighted by Crippen LogP contribution is -2.38. The van der Waals surface area contributed by atoms with E-state index in [0.29, 0.717) is 11.8 Å². The molecule has 2 unspecified atom stereocenters. The maximum atomic E-state index is 5.95. The molecule has 0 spiro atoms. The minimum absolute atomic E-state index is 0.179. The Hall–Kier alpha value is -1.55. The van der Waals surface area contributed by atoms with Crippen LogP contribution in [0.3, 0.4) is 0 Å². The van der Waals surface area contributed by atoms with Crippen LogP contribution in [0.2, 0.25) is 0 Å². The number of aliphatic imine (C=N–C) groups is 1. The zero-order valence-corrected chi connectivity index (χ0v) is 14.7. The number of benzene rings is 1. The smallest absolute Gasteiger partial charge is 0.191 e. The topological polar surface area (TPSA) is 45.7 Å². The van der Waals surface area contributed by atoms with Crippen molar-refractivity contribution in [3.05, 3.63) is 35.9 Å². The molecule has 0 radical (unpaired) electrons. The Balaban J connectivity index is 1.92. The van der Waals surface area contributed by atoms with Gasteiger partial charge in [0.25, 0.3) is 0 Å². The molecule has 2 atom stereocenters. The van der Waals surface area contributed by atoms with E-state index in [-0.39, 0.29) is 6.10 Å². The van der Waals surface area contributed by atoms with Crippen molar-refractivity contribution >= 4 is 5.96 Å². The normalized spacial score (nSPS) is 21.7. The van der Waals surface area contributed by atoms with Crippen molar-refractivity contribution in [3.8, 4) is 0 Å². The fourth-order valence-corrected chi connectivity index (χ4v) is 2.86. The zero-order valence-electron chi connectivity index (χ0n) is 14.7. The molecule has 1 aromatic rings. The Labute approximate surface area is 140 Å². The summed E-state index contributed by atoms with van der Waals surface area (Å²) in [5, 5.41) is 6.76. The molecule has 0 aromatic heterocycles. The number of nitrogens with one attached hydrogen (secondary N) is 2. The summed E-state index contributed by atoms with van der Waals surface area (Å²) in [4.78, 5) is 4.78. The van der Waals surface area contributed by atoms with Gasteiger partial charge in [-0.1, -0.05) is 44.2 Å². The van der Waals surface area contributed by atoms with Crippen LogP contribution in [0.25, 0.3) is 0 Å². The number of ether oxygens (including phenoxy) is 1. The van der Waals surface area contributed by atoms with Gasteiger partial charge in [0.15, 0.2) is 5.96 Å². The maximum absolute atomic E-state index is 5.95. The van der Waals surface area contributed by atoms with Gasteiger partial charge in [0.1, 0.15) is 0 Å². The predicted octanol–water partition coefficient (Wildman–Crippen LogP) is 3.37. The van der Waals surface area contributed by atoms with Crippen molar-refractivity contribution in [2.75, 3.05) is 26.2 Å². The van der Waals surface area contributed by atoms with Crippen LogP contribution in [0.4, 0.5) is 0 Å². The van der Waals surface area contributed by atoms with Crippen molar-refractivity contribution in [3.63, 3.8) is 0 Å². The Kier molecular flexibility index (Phi) is 7.40. The van der Waals surface area contributed by atoms with Gasteiger partial charge in [-0.05, 0) is 31.2 Å². The van der Waals surface area contributed by atoms with Crippen LogP contribution in [-0.2, 0) is 4.74 Å². The van der Waals surface area contributed by atoms with Gasteiger partial charge >= 0.3 is 0 Å². The molecule has 1 fully saturated rings. The lowest BCUT2D eigenvalue weighted by atomic mass is 9.95. The highest BCUT2D eigenvalue weighted by Gasteiger charge is 2.29. The molecule has 1 aromatic carbocycles. The molecule has 2 rings (SSSR count). The Bertz CT molecular complexity index is 473. The number of nitrogens with zero attached hydrogens (tertiary/aromatic N) is 1. The molecule has 0 bridgehead atoms. The van der Waals surface area contributed by atoms with Crippen molar-refractivity contribution in [1.29, 1.82) is 0 Å². The maximum Gasteiger partial charge on any atom is 0.191 e. The number of hydrogen-bond acceptors (Lipinski definition) is 2. The minimum atomic E-state index is 0.179. The summed E-state index contributed by atoms with van der Waals surface area (Å²) in [6.07, 6.45) is 2.41. The molecule has 1 heterocycles. The van der Waals surface area contributed by atoms with Crippen LogP contribution in [-0.4, -0.2) is 32.2 Å². The molecule has 2 N–H and O–H groups in total. The first-order valence-corrected chi connectivity index (χ1v) is 8.89. The fraction of sp³-hybridized carbons (Fsp3) is 0.632. The third kappa shape index (κ3) is 5.87. The monoisotopic (exact) mass is 317 g/mol. The Morgan fingerprint density at radius 2 is 2.04 bits per heavy atom. The van der Waals surface area contributed by atoms with E-state index < -0.39 is 0 Å². The average molecular weight is 317 g/mol. The number of rotatable bonds is 7. The van der Waals surface area contributed by atoms with E-state index in [9.17, 15) is 0 Å². The van der Waals surface area contributed by atoms with Crippen molar-refractivity contribution in [2.45, 2.75) is 39.7 Å². The van der Waals surface area contributed by atoms with E-state index in [1.807, 2.05) is 6.07 Å². The van der Waals surface area contributed by atoms with Crippen LogP contribution in [0.15, 0.2) is 35.3 Å². The molecular weight excluding hydrogens is 286 g/mol. The minimum Gasteiger partial charge on any atom is -0.373 e. The molecule has 128 valence electrons. The highest BCUT2D eigenvalue weighted by molar-refractivity contribution is 5.79. The second kappa shape index (κ2) is 9.56. The molecular formula is C19H31N3O. The first kappa shape index (κ1) is 17.8. The lowest BCUT2D eigenvalue weighted by molar-refractivity contribution is 0.0925. The first-order chi connectivity index (χ1) is 11.2. The summed E-state index contributed by atoms with van der Waals surface area (Å²) < 4.78 is 5.95. The van der Waals surface area contributed by atoms with E-state index in [4.69, 9.17) is 9.73 Å². The third-order valence-corrected chi connectivity index (χ3v) is 4.18. The Morgan fingerprint density at radius 1 is 1.26 bits per heavy atom. The fourth-order valence-electron chi connectivity index (χ4n) is 2.86. The van der Waals surface area contributed by atoms with E-state index >= 15 is 0 Å².